The number of H-pyrrole nitrogens is 1. The number of carbonyl (C=O) groups is 1. The number of aromatic nitrogens is 4. The number of benzene rings is 1. The van der Waals surface area contributed by atoms with Crippen LogP contribution >= 0.6 is 0 Å². The lowest BCUT2D eigenvalue weighted by Crippen LogP contribution is -2.38. The highest BCUT2D eigenvalue weighted by Gasteiger charge is 2.26. The second-order valence-electron chi connectivity index (χ2n) is 6.00. The number of carbonyl (C=O) groups excluding carboxylic acids is 1. The summed E-state index contributed by atoms with van der Waals surface area (Å²) in [6.45, 7) is 1.55. The normalized spacial score (nSPS) is 13.4. The van der Waals surface area contributed by atoms with Crippen LogP contribution in [-0.2, 0) is 12.6 Å². The molecule has 25 heavy (non-hydrogen) atoms. The quantitative estimate of drug-likeness (QED) is 0.655. The predicted molar refractivity (Wildman–Crippen MR) is 89.1 cm³/mol. The minimum absolute atomic E-state index is 0.0284. The average molecular weight is 343 g/mol. The van der Waals surface area contributed by atoms with E-state index in [0.717, 1.165) is 0 Å². The van der Waals surface area contributed by atoms with Gasteiger partial charge in [0.2, 0.25) is 0 Å². The Morgan fingerprint density at radius 2 is 2.16 bits per heavy atom. The maximum absolute atomic E-state index is 14.0. The largest absolute Gasteiger partial charge is 0.383 e. The minimum Gasteiger partial charge on any atom is -0.383 e. The summed E-state index contributed by atoms with van der Waals surface area (Å²) in [5, 5.41) is 23.7. The number of aliphatic hydroxyl groups is 1. The Morgan fingerprint density at radius 1 is 1.40 bits per heavy atom. The monoisotopic (exact) mass is 343 g/mol. The van der Waals surface area contributed by atoms with Crippen molar-refractivity contribution in [2.75, 3.05) is 6.54 Å². The van der Waals surface area contributed by atoms with Crippen molar-refractivity contribution >= 4 is 5.91 Å². The van der Waals surface area contributed by atoms with Crippen molar-refractivity contribution < 1.29 is 14.3 Å². The van der Waals surface area contributed by atoms with Crippen molar-refractivity contribution in [2.45, 2.75) is 12.5 Å². The molecule has 130 valence electrons. The molecule has 2 aromatic heterocycles. The van der Waals surface area contributed by atoms with Gasteiger partial charge in [0, 0.05) is 24.4 Å². The summed E-state index contributed by atoms with van der Waals surface area (Å²) in [4.78, 5) is 12.5. The Bertz CT molecular complexity index is 900. The van der Waals surface area contributed by atoms with E-state index >= 15 is 0 Å². The van der Waals surface area contributed by atoms with Gasteiger partial charge < -0.3 is 10.4 Å². The summed E-state index contributed by atoms with van der Waals surface area (Å²) in [5.74, 6) is -0.917. The van der Waals surface area contributed by atoms with E-state index < -0.39 is 17.3 Å². The first-order chi connectivity index (χ1) is 11.9. The van der Waals surface area contributed by atoms with E-state index in [4.69, 9.17) is 0 Å². The fourth-order valence-corrected chi connectivity index (χ4v) is 2.48. The molecule has 3 rings (SSSR count). The lowest BCUT2D eigenvalue weighted by atomic mass is 9.99. The molecule has 8 heteroatoms. The van der Waals surface area contributed by atoms with E-state index in [-0.39, 0.29) is 23.4 Å². The number of nitrogens with one attached hydrogen (secondary N) is 2. The molecule has 3 N–H and O–H groups in total. The number of rotatable bonds is 5. The molecule has 1 atom stereocenters. The highest BCUT2D eigenvalue weighted by atomic mass is 19.1. The summed E-state index contributed by atoms with van der Waals surface area (Å²) in [5.41, 5.74) is 0.0379. The first-order valence-corrected chi connectivity index (χ1v) is 7.66. The molecule has 7 nitrogen and oxygen atoms in total. The number of nitrogens with zero attached hydrogens (tertiary/aromatic N) is 3. The minimum atomic E-state index is -1.29. The van der Waals surface area contributed by atoms with Gasteiger partial charge in [-0.2, -0.15) is 10.2 Å². The van der Waals surface area contributed by atoms with Crippen molar-refractivity contribution in [3.05, 3.63) is 59.8 Å². The van der Waals surface area contributed by atoms with Gasteiger partial charge in [-0.05, 0) is 19.1 Å². The highest BCUT2D eigenvalue weighted by molar-refractivity contribution is 5.99. The van der Waals surface area contributed by atoms with Gasteiger partial charge in [-0.15, -0.1) is 0 Å². The molecule has 0 fully saturated rings. The zero-order valence-electron chi connectivity index (χ0n) is 13.8. The van der Waals surface area contributed by atoms with Crippen molar-refractivity contribution in [3.8, 4) is 11.3 Å². The van der Waals surface area contributed by atoms with Crippen molar-refractivity contribution in [2.24, 2.45) is 7.05 Å². The molecule has 2 heterocycles. The Hall–Kier alpha value is -3.00. The number of aromatic amines is 1. The third-order valence-electron chi connectivity index (χ3n) is 3.95. The van der Waals surface area contributed by atoms with E-state index in [0.29, 0.717) is 5.56 Å². The summed E-state index contributed by atoms with van der Waals surface area (Å²) in [6.07, 6.45) is 4.54. The van der Waals surface area contributed by atoms with Crippen LogP contribution in [0, 0.1) is 5.82 Å². The molecule has 1 amide bonds. The van der Waals surface area contributed by atoms with E-state index in [1.54, 1.807) is 43.0 Å². The predicted octanol–water partition coefficient (Wildman–Crippen LogP) is 1.59. The summed E-state index contributed by atoms with van der Waals surface area (Å²) >= 11 is 0. The van der Waals surface area contributed by atoms with Crippen LogP contribution in [0.25, 0.3) is 11.3 Å². The number of hydrogen-bond acceptors (Lipinski definition) is 4. The van der Waals surface area contributed by atoms with Gasteiger partial charge in [-0.3, -0.25) is 14.6 Å². The zero-order valence-corrected chi connectivity index (χ0v) is 13.8. The number of amides is 1. The topological polar surface area (TPSA) is 95.8 Å². The fraction of sp³-hybridized carbons (Fsp3) is 0.235. The van der Waals surface area contributed by atoms with Gasteiger partial charge in [0.25, 0.3) is 5.91 Å². The van der Waals surface area contributed by atoms with Crippen LogP contribution < -0.4 is 5.32 Å². The van der Waals surface area contributed by atoms with Gasteiger partial charge >= 0.3 is 0 Å². The summed E-state index contributed by atoms with van der Waals surface area (Å²) in [6, 6.07) is 6.12. The molecule has 0 aliphatic heterocycles. The van der Waals surface area contributed by atoms with E-state index in [9.17, 15) is 14.3 Å². The lowest BCUT2D eigenvalue weighted by molar-refractivity contribution is 0.0526. The molecule has 0 spiro atoms. The first-order valence-electron chi connectivity index (χ1n) is 7.66. The Labute approximate surface area is 143 Å². The SMILES string of the molecule is Cn1cc(C(C)(O)CNC(=O)c2cn[nH]c2-c2ccccc2F)cn1. The smallest absolute Gasteiger partial charge is 0.255 e. The van der Waals surface area contributed by atoms with Gasteiger partial charge in [-0.1, -0.05) is 12.1 Å². The summed E-state index contributed by atoms with van der Waals surface area (Å²) < 4.78 is 15.5. The standard InChI is InChI=1S/C17H18FN5O2/c1-17(25,11-7-21-23(2)9-11)10-19-16(24)13-8-20-22-15(13)12-5-3-4-6-14(12)18/h3-9,25H,10H2,1-2H3,(H,19,24)(H,20,22). The molecule has 0 aliphatic rings. The molecular formula is C17H18FN5O2. The number of aryl methyl sites for hydroxylation is 1. The van der Waals surface area contributed by atoms with Gasteiger partial charge in [0.15, 0.2) is 0 Å². The first kappa shape index (κ1) is 16.8. The van der Waals surface area contributed by atoms with Gasteiger partial charge in [0.05, 0.1) is 30.2 Å². The van der Waals surface area contributed by atoms with Crippen LogP contribution in [0.15, 0.2) is 42.9 Å². The van der Waals surface area contributed by atoms with Crippen molar-refractivity contribution in [1.29, 1.82) is 0 Å². The van der Waals surface area contributed by atoms with Crippen LogP contribution in [0.3, 0.4) is 0 Å². The van der Waals surface area contributed by atoms with Crippen molar-refractivity contribution in [3.63, 3.8) is 0 Å². The molecule has 3 aromatic rings. The van der Waals surface area contributed by atoms with E-state index in [1.165, 1.54) is 18.5 Å². The molecule has 1 unspecified atom stereocenters. The number of hydrogen-bond donors (Lipinski definition) is 3. The Morgan fingerprint density at radius 3 is 2.84 bits per heavy atom. The van der Waals surface area contributed by atoms with Gasteiger partial charge in [-0.25, -0.2) is 4.39 Å². The average Bonchev–Trinajstić information content (AvgIpc) is 3.22. The van der Waals surface area contributed by atoms with Gasteiger partial charge in [0.1, 0.15) is 11.4 Å². The molecule has 0 saturated carbocycles. The Balaban J connectivity index is 1.77. The maximum Gasteiger partial charge on any atom is 0.255 e. The molecule has 0 saturated heterocycles. The van der Waals surface area contributed by atoms with Crippen LogP contribution in [0.5, 0.6) is 0 Å². The third kappa shape index (κ3) is 3.43. The summed E-state index contributed by atoms with van der Waals surface area (Å²) in [7, 11) is 1.74. The second-order valence-corrected chi connectivity index (χ2v) is 6.00. The highest BCUT2D eigenvalue weighted by Crippen LogP contribution is 2.24. The zero-order chi connectivity index (χ0) is 18.0. The van der Waals surface area contributed by atoms with Crippen molar-refractivity contribution in [1.82, 2.24) is 25.3 Å². The maximum atomic E-state index is 14.0. The number of halogens is 1. The lowest BCUT2D eigenvalue weighted by Gasteiger charge is -2.22. The fourth-order valence-electron chi connectivity index (χ4n) is 2.48. The van der Waals surface area contributed by atoms with Crippen LogP contribution in [-0.4, -0.2) is 37.5 Å². The van der Waals surface area contributed by atoms with Crippen LogP contribution in [0.1, 0.15) is 22.8 Å². The Kier molecular flexibility index (Phi) is 4.37. The van der Waals surface area contributed by atoms with E-state index in [2.05, 4.69) is 20.6 Å². The second kappa shape index (κ2) is 6.48. The third-order valence-corrected chi connectivity index (χ3v) is 3.95. The van der Waals surface area contributed by atoms with Crippen LogP contribution in [0.2, 0.25) is 0 Å². The van der Waals surface area contributed by atoms with E-state index in [1.807, 2.05) is 0 Å². The molecule has 1 aromatic carbocycles. The van der Waals surface area contributed by atoms with Crippen LogP contribution in [0.4, 0.5) is 4.39 Å². The molecule has 0 aliphatic carbocycles. The molecule has 0 bridgehead atoms. The molecular weight excluding hydrogens is 325 g/mol. The molecule has 0 radical (unpaired) electrons.